The Morgan fingerprint density at radius 1 is 1.47 bits per heavy atom. The lowest BCUT2D eigenvalue weighted by molar-refractivity contribution is 0.829. The molecule has 0 amide bonds. The SMILES string of the molecule is CCN(Cc1cccs1)c1nc(C2CC2)c(CN)s1. The lowest BCUT2D eigenvalue weighted by Gasteiger charge is -2.18. The molecule has 0 atom stereocenters. The van der Waals surface area contributed by atoms with Crippen LogP contribution in [-0.4, -0.2) is 11.5 Å². The molecular weight excluding hydrogens is 274 g/mol. The van der Waals surface area contributed by atoms with Gasteiger partial charge in [-0.2, -0.15) is 0 Å². The molecule has 1 aliphatic rings. The van der Waals surface area contributed by atoms with Gasteiger partial charge in [0.25, 0.3) is 0 Å². The molecule has 1 saturated carbocycles. The van der Waals surface area contributed by atoms with Gasteiger partial charge in [0.2, 0.25) is 0 Å². The van der Waals surface area contributed by atoms with Gasteiger partial charge in [-0.3, -0.25) is 0 Å². The van der Waals surface area contributed by atoms with Crippen molar-refractivity contribution in [2.75, 3.05) is 11.4 Å². The summed E-state index contributed by atoms with van der Waals surface area (Å²) >= 11 is 3.58. The average Bonchev–Trinajstić information content (AvgIpc) is 2.99. The molecular formula is C14H19N3S2. The molecule has 3 rings (SSSR count). The highest BCUT2D eigenvalue weighted by Crippen LogP contribution is 2.44. The number of aromatic nitrogens is 1. The maximum atomic E-state index is 5.86. The Morgan fingerprint density at radius 2 is 2.32 bits per heavy atom. The maximum Gasteiger partial charge on any atom is 0.186 e. The number of anilines is 1. The zero-order valence-electron chi connectivity index (χ0n) is 11.1. The first kappa shape index (κ1) is 13.1. The first-order valence-electron chi connectivity index (χ1n) is 6.78. The van der Waals surface area contributed by atoms with E-state index < -0.39 is 0 Å². The van der Waals surface area contributed by atoms with Crippen molar-refractivity contribution in [3.63, 3.8) is 0 Å². The molecule has 1 aliphatic carbocycles. The van der Waals surface area contributed by atoms with Gasteiger partial charge in [0.1, 0.15) is 0 Å². The lowest BCUT2D eigenvalue weighted by atomic mass is 10.2. The summed E-state index contributed by atoms with van der Waals surface area (Å²) in [6, 6.07) is 4.29. The third-order valence-corrected chi connectivity index (χ3v) is 5.46. The van der Waals surface area contributed by atoms with Crippen molar-refractivity contribution in [2.24, 2.45) is 5.73 Å². The second-order valence-corrected chi connectivity index (χ2v) is 6.97. The van der Waals surface area contributed by atoms with Crippen LogP contribution in [0.5, 0.6) is 0 Å². The van der Waals surface area contributed by atoms with E-state index in [0.29, 0.717) is 12.5 Å². The molecule has 0 saturated heterocycles. The smallest absolute Gasteiger partial charge is 0.186 e. The summed E-state index contributed by atoms with van der Waals surface area (Å²) < 4.78 is 0. The number of rotatable bonds is 6. The Morgan fingerprint density at radius 3 is 2.89 bits per heavy atom. The number of hydrogen-bond donors (Lipinski definition) is 1. The fourth-order valence-electron chi connectivity index (χ4n) is 2.21. The minimum atomic E-state index is 0.625. The van der Waals surface area contributed by atoms with E-state index in [0.717, 1.165) is 18.2 Å². The monoisotopic (exact) mass is 293 g/mol. The van der Waals surface area contributed by atoms with Crippen molar-refractivity contribution >= 4 is 27.8 Å². The Kier molecular flexibility index (Phi) is 3.86. The Balaban J connectivity index is 1.82. The molecule has 0 unspecified atom stereocenters. The maximum absolute atomic E-state index is 5.86. The summed E-state index contributed by atoms with van der Waals surface area (Å²) in [5.41, 5.74) is 7.13. The summed E-state index contributed by atoms with van der Waals surface area (Å²) in [6.45, 7) is 4.75. The quantitative estimate of drug-likeness (QED) is 0.885. The summed E-state index contributed by atoms with van der Waals surface area (Å²) in [6.07, 6.45) is 2.57. The molecule has 5 heteroatoms. The molecule has 2 heterocycles. The van der Waals surface area contributed by atoms with E-state index in [1.54, 1.807) is 11.3 Å². The van der Waals surface area contributed by atoms with Crippen LogP contribution < -0.4 is 10.6 Å². The fourth-order valence-corrected chi connectivity index (χ4v) is 4.02. The van der Waals surface area contributed by atoms with Crippen LogP contribution in [0.2, 0.25) is 0 Å². The molecule has 2 aromatic rings. The Labute approximate surface area is 122 Å². The zero-order valence-corrected chi connectivity index (χ0v) is 12.8. The molecule has 2 N–H and O–H groups in total. The second-order valence-electron chi connectivity index (χ2n) is 4.88. The Bertz CT molecular complexity index is 529. The zero-order chi connectivity index (χ0) is 13.2. The van der Waals surface area contributed by atoms with Crippen molar-refractivity contribution in [3.05, 3.63) is 33.0 Å². The number of nitrogens with zero attached hydrogens (tertiary/aromatic N) is 2. The largest absolute Gasteiger partial charge is 0.343 e. The lowest BCUT2D eigenvalue weighted by Crippen LogP contribution is -2.21. The molecule has 19 heavy (non-hydrogen) atoms. The summed E-state index contributed by atoms with van der Waals surface area (Å²) in [7, 11) is 0. The average molecular weight is 293 g/mol. The van der Waals surface area contributed by atoms with Crippen LogP contribution in [0.25, 0.3) is 0 Å². The van der Waals surface area contributed by atoms with Crippen molar-refractivity contribution in [3.8, 4) is 0 Å². The van der Waals surface area contributed by atoms with E-state index >= 15 is 0 Å². The highest BCUT2D eigenvalue weighted by Gasteiger charge is 2.30. The van der Waals surface area contributed by atoms with E-state index in [9.17, 15) is 0 Å². The normalized spacial score (nSPS) is 14.8. The van der Waals surface area contributed by atoms with E-state index in [4.69, 9.17) is 10.7 Å². The summed E-state index contributed by atoms with van der Waals surface area (Å²) in [5, 5.41) is 3.27. The van der Waals surface area contributed by atoms with Gasteiger partial charge in [0.15, 0.2) is 5.13 Å². The van der Waals surface area contributed by atoms with Crippen LogP contribution in [0, 0.1) is 0 Å². The molecule has 2 aromatic heterocycles. The predicted molar refractivity (Wildman–Crippen MR) is 83.0 cm³/mol. The molecule has 1 fully saturated rings. The molecule has 102 valence electrons. The van der Waals surface area contributed by atoms with Crippen LogP contribution in [0.4, 0.5) is 5.13 Å². The third-order valence-electron chi connectivity index (χ3n) is 3.44. The van der Waals surface area contributed by atoms with Gasteiger partial charge >= 0.3 is 0 Å². The second kappa shape index (κ2) is 5.61. The van der Waals surface area contributed by atoms with Crippen LogP contribution in [0.1, 0.15) is 41.1 Å². The number of hydrogen-bond acceptors (Lipinski definition) is 5. The van der Waals surface area contributed by atoms with Gasteiger partial charge in [-0.1, -0.05) is 6.07 Å². The van der Waals surface area contributed by atoms with Crippen molar-refractivity contribution in [1.29, 1.82) is 0 Å². The number of thiazole rings is 1. The predicted octanol–water partition coefficient (Wildman–Crippen LogP) is 3.57. The highest BCUT2D eigenvalue weighted by molar-refractivity contribution is 7.15. The minimum absolute atomic E-state index is 0.625. The first-order valence-corrected chi connectivity index (χ1v) is 8.48. The molecule has 0 radical (unpaired) electrons. The third kappa shape index (κ3) is 2.83. The van der Waals surface area contributed by atoms with Crippen LogP contribution in [-0.2, 0) is 13.1 Å². The van der Waals surface area contributed by atoms with Gasteiger partial charge < -0.3 is 10.6 Å². The van der Waals surface area contributed by atoms with E-state index in [1.807, 2.05) is 11.3 Å². The van der Waals surface area contributed by atoms with E-state index in [2.05, 4.69) is 29.3 Å². The summed E-state index contributed by atoms with van der Waals surface area (Å²) in [4.78, 5) is 9.88. The number of nitrogens with two attached hydrogens (primary N) is 1. The standard InChI is InChI=1S/C14H19N3S2/c1-2-17(9-11-4-3-7-18-11)14-16-13(10-5-6-10)12(8-15)19-14/h3-4,7,10H,2,5-6,8-9,15H2,1H3. The van der Waals surface area contributed by atoms with Crippen LogP contribution in [0.15, 0.2) is 17.5 Å². The van der Waals surface area contributed by atoms with Gasteiger partial charge in [-0.05, 0) is 31.2 Å². The molecule has 0 bridgehead atoms. The van der Waals surface area contributed by atoms with E-state index in [1.165, 1.54) is 28.3 Å². The molecule has 3 nitrogen and oxygen atoms in total. The van der Waals surface area contributed by atoms with Gasteiger partial charge in [-0.15, -0.1) is 22.7 Å². The van der Waals surface area contributed by atoms with E-state index in [-0.39, 0.29) is 0 Å². The molecule has 0 spiro atoms. The van der Waals surface area contributed by atoms with Crippen molar-refractivity contribution in [1.82, 2.24) is 4.98 Å². The molecule has 0 aliphatic heterocycles. The molecule has 0 aromatic carbocycles. The van der Waals surface area contributed by atoms with Gasteiger partial charge in [0, 0.05) is 28.8 Å². The van der Waals surface area contributed by atoms with Crippen molar-refractivity contribution < 1.29 is 0 Å². The number of thiophene rings is 1. The minimum Gasteiger partial charge on any atom is -0.343 e. The Hall–Kier alpha value is -0.910. The van der Waals surface area contributed by atoms with Gasteiger partial charge in [-0.25, -0.2) is 4.98 Å². The topological polar surface area (TPSA) is 42.2 Å². The van der Waals surface area contributed by atoms with Crippen molar-refractivity contribution in [2.45, 2.75) is 38.8 Å². The fraction of sp³-hybridized carbons (Fsp3) is 0.500. The first-order chi connectivity index (χ1) is 9.31. The summed E-state index contributed by atoms with van der Waals surface area (Å²) in [5.74, 6) is 0.684. The van der Waals surface area contributed by atoms with Crippen LogP contribution in [0.3, 0.4) is 0 Å². The van der Waals surface area contributed by atoms with Crippen LogP contribution >= 0.6 is 22.7 Å². The highest BCUT2D eigenvalue weighted by atomic mass is 32.1. The van der Waals surface area contributed by atoms with Gasteiger partial charge in [0.05, 0.1) is 12.2 Å².